The minimum absolute atomic E-state index is 0.307. The van der Waals surface area contributed by atoms with Crippen molar-refractivity contribution in [3.05, 3.63) is 16.1 Å². The van der Waals surface area contributed by atoms with E-state index in [1.165, 1.54) is 0 Å². The van der Waals surface area contributed by atoms with E-state index in [4.69, 9.17) is 4.74 Å². The zero-order valence-corrected chi connectivity index (χ0v) is 14.2. The summed E-state index contributed by atoms with van der Waals surface area (Å²) in [5.41, 5.74) is 0.459. The number of esters is 1. The SMILES string of the molecule is CC.CC.CCOC(=O)c1csc(C2CCNCC2)n1. The van der Waals surface area contributed by atoms with Crippen LogP contribution in [0.1, 0.15) is 68.9 Å². The number of aromatic nitrogens is 1. The topological polar surface area (TPSA) is 51.2 Å². The van der Waals surface area contributed by atoms with Crippen molar-refractivity contribution in [3.8, 4) is 0 Å². The molecule has 5 heteroatoms. The van der Waals surface area contributed by atoms with Crippen LogP contribution in [0, 0.1) is 0 Å². The van der Waals surface area contributed by atoms with E-state index in [1.807, 2.05) is 27.7 Å². The largest absolute Gasteiger partial charge is 0.461 e. The zero-order valence-electron chi connectivity index (χ0n) is 13.4. The van der Waals surface area contributed by atoms with Crippen molar-refractivity contribution < 1.29 is 9.53 Å². The van der Waals surface area contributed by atoms with Crippen LogP contribution < -0.4 is 5.32 Å². The van der Waals surface area contributed by atoms with E-state index < -0.39 is 0 Å². The number of nitrogens with zero attached hydrogens (tertiary/aromatic N) is 1. The van der Waals surface area contributed by atoms with Crippen LogP contribution in [0.4, 0.5) is 0 Å². The Bertz CT molecular complexity index is 361. The fourth-order valence-corrected chi connectivity index (χ4v) is 2.80. The van der Waals surface area contributed by atoms with E-state index in [-0.39, 0.29) is 5.97 Å². The number of hydrogen-bond donors (Lipinski definition) is 1. The van der Waals surface area contributed by atoms with Gasteiger partial charge >= 0.3 is 5.97 Å². The summed E-state index contributed by atoms with van der Waals surface area (Å²) in [6.07, 6.45) is 2.21. The molecule has 2 heterocycles. The lowest BCUT2D eigenvalue weighted by molar-refractivity contribution is 0.0520. The van der Waals surface area contributed by atoms with Gasteiger partial charge in [0.25, 0.3) is 0 Å². The van der Waals surface area contributed by atoms with Crippen molar-refractivity contribution in [2.75, 3.05) is 19.7 Å². The molecule has 0 amide bonds. The van der Waals surface area contributed by atoms with Crippen molar-refractivity contribution in [3.63, 3.8) is 0 Å². The normalized spacial score (nSPS) is 14.4. The Kier molecular flexibility index (Phi) is 11.3. The van der Waals surface area contributed by atoms with Crippen molar-refractivity contribution >= 4 is 17.3 Å². The summed E-state index contributed by atoms with van der Waals surface area (Å²) in [5, 5.41) is 6.19. The van der Waals surface area contributed by atoms with Gasteiger partial charge in [-0.1, -0.05) is 27.7 Å². The third-order valence-corrected chi connectivity index (χ3v) is 3.70. The molecule has 1 saturated heterocycles. The Hall–Kier alpha value is -0.940. The quantitative estimate of drug-likeness (QED) is 0.862. The van der Waals surface area contributed by atoms with Gasteiger partial charge in [0.2, 0.25) is 0 Å². The first kappa shape index (κ1) is 19.1. The molecule has 1 aliphatic heterocycles. The second-order valence-electron chi connectivity index (χ2n) is 3.82. The Balaban J connectivity index is 0.000000829. The standard InChI is InChI=1S/C11H16N2O2S.2C2H6/c1-2-15-11(14)9-7-16-10(13-9)8-3-5-12-6-4-8;2*1-2/h7-8,12H,2-6H2,1H3;2*1-2H3. The van der Waals surface area contributed by atoms with Gasteiger partial charge in [0.15, 0.2) is 5.69 Å². The first-order chi connectivity index (χ1) is 9.81. The van der Waals surface area contributed by atoms with Crippen LogP contribution in [0.3, 0.4) is 0 Å². The highest BCUT2D eigenvalue weighted by Gasteiger charge is 2.20. The highest BCUT2D eigenvalue weighted by molar-refractivity contribution is 7.09. The number of rotatable bonds is 3. The molecule has 0 aliphatic carbocycles. The number of carbonyl (C=O) groups is 1. The molecule has 0 spiro atoms. The first-order valence-electron chi connectivity index (χ1n) is 7.64. The summed E-state index contributed by atoms with van der Waals surface area (Å²) in [4.78, 5) is 15.8. The zero-order chi connectivity index (χ0) is 15.4. The van der Waals surface area contributed by atoms with E-state index in [2.05, 4.69) is 10.3 Å². The van der Waals surface area contributed by atoms with Crippen LogP contribution in [-0.4, -0.2) is 30.6 Å². The fraction of sp³-hybridized carbons (Fsp3) is 0.733. The Labute approximate surface area is 127 Å². The molecule has 2 rings (SSSR count). The van der Waals surface area contributed by atoms with E-state index in [0.29, 0.717) is 18.2 Å². The van der Waals surface area contributed by atoms with Crippen LogP contribution in [0.5, 0.6) is 0 Å². The minimum atomic E-state index is -0.307. The lowest BCUT2D eigenvalue weighted by Crippen LogP contribution is -2.26. The maximum atomic E-state index is 11.5. The van der Waals surface area contributed by atoms with E-state index in [0.717, 1.165) is 30.9 Å². The number of piperidine rings is 1. The number of carbonyl (C=O) groups excluding carboxylic acids is 1. The highest BCUT2D eigenvalue weighted by Crippen LogP contribution is 2.27. The van der Waals surface area contributed by atoms with Gasteiger partial charge in [-0.3, -0.25) is 0 Å². The van der Waals surface area contributed by atoms with E-state index in [1.54, 1.807) is 23.6 Å². The van der Waals surface area contributed by atoms with E-state index in [9.17, 15) is 4.79 Å². The van der Waals surface area contributed by atoms with Gasteiger partial charge in [-0.05, 0) is 32.9 Å². The van der Waals surface area contributed by atoms with Gasteiger partial charge in [-0.15, -0.1) is 11.3 Å². The molecule has 0 saturated carbocycles. The lowest BCUT2D eigenvalue weighted by Gasteiger charge is -2.20. The molecule has 1 aromatic rings. The Morgan fingerprint density at radius 1 is 1.35 bits per heavy atom. The molecule has 1 aromatic heterocycles. The second-order valence-corrected chi connectivity index (χ2v) is 4.71. The molecule has 0 bridgehead atoms. The number of thiazole rings is 1. The summed E-state index contributed by atoms with van der Waals surface area (Å²) < 4.78 is 4.92. The van der Waals surface area contributed by atoms with Crippen LogP contribution in [0.2, 0.25) is 0 Å². The average molecular weight is 300 g/mol. The van der Waals surface area contributed by atoms with Crippen LogP contribution >= 0.6 is 11.3 Å². The predicted octanol–water partition coefficient (Wildman–Crippen LogP) is 3.84. The van der Waals surface area contributed by atoms with Crippen LogP contribution in [0.25, 0.3) is 0 Å². The molecule has 1 aliphatic rings. The van der Waals surface area contributed by atoms with E-state index >= 15 is 0 Å². The van der Waals surface area contributed by atoms with Crippen molar-refractivity contribution in [1.82, 2.24) is 10.3 Å². The molecule has 1 N–H and O–H groups in total. The smallest absolute Gasteiger partial charge is 0.357 e. The summed E-state index contributed by atoms with van der Waals surface area (Å²) in [7, 11) is 0. The number of hydrogen-bond acceptors (Lipinski definition) is 5. The Morgan fingerprint density at radius 3 is 2.50 bits per heavy atom. The minimum Gasteiger partial charge on any atom is -0.461 e. The van der Waals surface area contributed by atoms with Gasteiger partial charge < -0.3 is 10.1 Å². The molecule has 1 fully saturated rings. The highest BCUT2D eigenvalue weighted by atomic mass is 32.1. The lowest BCUT2D eigenvalue weighted by atomic mass is 9.99. The van der Waals surface area contributed by atoms with Gasteiger partial charge in [0.1, 0.15) is 0 Å². The molecule has 4 nitrogen and oxygen atoms in total. The average Bonchev–Trinajstić information content (AvgIpc) is 3.02. The van der Waals surface area contributed by atoms with Crippen LogP contribution in [0.15, 0.2) is 5.38 Å². The summed E-state index contributed by atoms with van der Waals surface area (Å²) >= 11 is 1.57. The number of ether oxygens (including phenoxy) is 1. The molecule has 116 valence electrons. The number of nitrogens with one attached hydrogen (secondary N) is 1. The maximum absolute atomic E-state index is 11.5. The summed E-state index contributed by atoms with van der Waals surface area (Å²) in [6.45, 7) is 12.3. The second kappa shape index (κ2) is 11.9. The molecule has 20 heavy (non-hydrogen) atoms. The molecule has 0 radical (unpaired) electrons. The van der Waals surface area contributed by atoms with Crippen molar-refractivity contribution in [2.24, 2.45) is 0 Å². The molecular formula is C15H28N2O2S. The Morgan fingerprint density at radius 2 is 1.95 bits per heavy atom. The fourth-order valence-electron chi connectivity index (χ4n) is 1.84. The monoisotopic (exact) mass is 300 g/mol. The third-order valence-electron chi connectivity index (χ3n) is 2.69. The van der Waals surface area contributed by atoms with Gasteiger partial charge in [0.05, 0.1) is 11.6 Å². The summed E-state index contributed by atoms with van der Waals surface area (Å²) in [5.74, 6) is 0.202. The van der Waals surface area contributed by atoms with Gasteiger partial charge in [-0.2, -0.15) is 0 Å². The van der Waals surface area contributed by atoms with Crippen molar-refractivity contribution in [1.29, 1.82) is 0 Å². The summed E-state index contributed by atoms with van der Waals surface area (Å²) in [6, 6.07) is 0. The van der Waals surface area contributed by atoms with Crippen molar-refractivity contribution in [2.45, 2.75) is 53.4 Å². The molecule has 0 aromatic carbocycles. The maximum Gasteiger partial charge on any atom is 0.357 e. The van der Waals surface area contributed by atoms with Crippen LogP contribution in [-0.2, 0) is 4.74 Å². The predicted molar refractivity (Wildman–Crippen MR) is 85.6 cm³/mol. The first-order valence-corrected chi connectivity index (χ1v) is 8.52. The van der Waals surface area contributed by atoms with Gasteiger partial charge in [-0.25, -0.2) is 9.78 Å². The molecule has 0 atom stereocenters. The third kappa shape index (κ3) is 6.01. The molecular weight excluding hydrogens is 272 g/mol. The molecule has 0 unspecified atom stereocenters. The van der Waals surface area contributed by atoms with Gasteiger partial charge in [0, 0.05) is 11.3 Å².